The Kier molecular flexibility index (Phi) is 6.05. The lowest BCUT2D eigenvalue weighted by atomic mass is 10.1. The second-order valence-electron chi connectivity index (χ2n) is 8.00. The van der Waals surface area contributed by atoms with Crippen LogP contribution in [0.5, 0.6) is 0 Å². The van der Waals surface area contributed by atoms with Gasteiger partial charge in [-0.15, -0.1) is 0 Å². The summed E-state index contributed by atoms with van der Waals surface area (Å²) in [5.74, 6) is -0.519. The number of pyridine rings is 1. The Labute approximate surface area is 200 Å². The molecule has 2 N–H and O–H groups in total. The summed E-state index contributed by atoms with van der Waals surface area (Å²) in [5.41, 5.74) is 3.07. The molecule has 2 heterocycles. The number of nitrogens with one attached hydrogen (secondary N) is 2. The summed E-state index contributed by atoms with van der Waals surface area (Å²) >= 11 is 0. The zero-order valence-corrected chi connectivity index (χ0v) is 18.6. The van der Waals surface area contributed by atoms with Gasteiger partial charge in [0.25, 0.3) is 11.5 Å². The summed E-state index contributed by atoms with van der Waals surface area (Å²) in [6, 6.07) is 28.2. The number of imidazole rings is 1. The van der Waals surface area contributed by atoms with Crippen molar-refractivity contribution in [1.29, 1.82) is 0 Å². The van der Waals surface area contributed by atoms with Crippen LogP contribution in [0, 0.1) is 5.82 Å². The van der Waals surface area contributed by atoms with Crippen LogP contribution in [0.1, 0.15) is 15.9 Å². The van der Waals surface area contributed by atoms with Gasteiger partial charge in [-0.1, -0.05) is 60.7 Å². The highest BCUT2D eigenvalue weighted by atomic mass is 19.1. The van der Waals surface area contributed by atoms with Crippen LogP contribution in [0.3, 0.4) is 0 Å². The van der Waals surface area contributed by atoms with Crippen molar-refractivity contribution in [2.75, 3.05) is 5.32 Å². The number of nitrogens with zero attached hydrogens (tertiary/aromatic N) is 2. The smallest absolute Gasteiger partial charge is 0.262 e. The number of hydrogen-bond donors (Lipinski definition) is 2. The highest BCUT2D eigenvalue weighted by Gasteiger charge is 2.19. The van der Waals surface area contributed by atoms with Gasteiger partial charge in [-0.2, -0.15) is 0 Å². The van der Waals surface area contributed by atoms with E-state index >= 15 is 0 Å². The van der Waals surface area contributed by atoms with E-state index in [1.807, 2.05) is 60.7 Å². The van der Waals surface area contributed by atoms with Crippen LogP contribution in [0.15, 0.2) is 108 Å². The van der Waals surface area contributed by atoms with Crippen molar-refractivity contribution in [3.63, 3.8) is 0 Å². The number of rotatable bonds is 6. The number of aromatic nitrogens is 3. The van der Waals surface area contributed by atoms with E-state index in [2.05, 4.69) is 15.3 Å². The maximum Gasteiger partial charge on any atom is 0.262 e. The molecule has 0 bridgehead atoms. The molecular formula is C28H21FN4O2. The van der Waals surface area contributed by atoms with E-state index in [9.17, 15) is 14.0 Å². The van der Waals surface area contributed by atoms with Gasteiger partial charge in [0.1, 0.15) is 22.9 Å². The van der Waals surface area contributed by atoms with Crippen LogP contribution in [-0.4, -0.2) is 20.4 Å². The molecule has 0 aliphatic rings. The van der Waals surface area contributed by atoms with Crippen LogP contribution in [0.25, 0.3) is 22.5 Å². The van der Waals surface area contributed by atoms with E-state index in [1.165, 1.54) is 18.2 Å². The normalized spacial score (nSPS) is 10.8. The molecule has 0 saturated heterocycles. The summed E-state index contributed by atoms with van der Waals surface area (Å²) < 4.78 is 15.3. The SMILES string of the molecule is O=C(Nc1c(-c2ccc(F)cc2)ncn1Cc1ccccc1)c1ccc(-c2ccccc2)[nH]c1=O. The van der Waals surface area contributed by atoms with Crippen molar-refractivity contribution in [1.82, 2.24) is 14.5 Å². The molecule has 35 heavy (non-hydrogen) atoms. The van der Waals surface area contributed by atoms with Crippen molar-refractivity contribution >= 4 is 11.7 Å². The zero-order valence-electron chi connectivity index (χ0n) is 18.6. The van der Waals surface area contributed by atoms with Crippen LogP contribution in [0.2, 0.25) is 0 Å². The first kappa shape index (κ1) is 22.0. The number of benzene rings is 3. The molecule has 0 fully saturated rings. The fourth-order valence-corrected chi connectivity index (χ4v) is 3.85. The molecule has 0 aliphatic heterocycles. The molecule has 6 nitrogen and oxygen atoms in total. The fraction of sp³-hybridized carbons (Fsp3) is 0.0357. The van der Waals surface area contributed by atoms with Crippen LogP contribution >= 0.6 is 0 Å². The van der Waals surface area contributed by atoms with Crippen molar-refractivity contribution in [3.05, 3.63) is 131 Å². The third-order valence-electron chi connectivity index (χ3n) is 5.62. The van der Waals surface area contributed by atoms with E-state index in [1.54, 1.807) is 29.1 Å². The molecule has 0 radical (unpaired) electrons. The molecule has 5 aromatic rings. The number of H-pyrrole nitrogens is 1. The summed E-state index contributed by atoms with van der Waals surface area (Å²) in [5, 5.41) is 2.86. The number of anilines is 1. The minimum atomic E-state index is -0.566. The first-order chi connectivity index (χ1) is 17.1. The predicted molar refractivity (Wildman–Crippen MR) is 134 cm³/mol. The lowest BCUT2D eigenvalue weighted by Crippen LogP contribution is -2.24. The average molecular weight is 465 g/mol. The fourth-order valence-electron chi connectivity index (χ4n) is 3.85. The molecule has 172 valence electrons. The Morgan fingerprint density at radius 2 is 1.54 bits per heavy atom. The Balaban J connectivity index is 1.49. The summed E-state index contributed by atoms with van der Waals surface area (Å²) in [6.45, 7) is 0.452. The number of amides is 1. The van der Waals surface area contributed by atoms with Gasteiger partial charge in [0.15, 0.2) is 0 Å². The lowest BCUT2D eigenvalue weighted by Gasteiger charge is -2.12. The first-order valence-corrected chi connectivity index (χ1v) is 11.0. The lowest BCUT2D eigenvalue weighted by molar-refractivity contribution is 0.102. The standard InChI is InChI=1S/C28H21FN4O2/c29-22-13-11-21(12-14-22)25-26(33(18-30-25)17-19-7-3-1-4-8-19)32-28(35)23-15-16-24(31-27(23)34)20-9-5-2-6-10-20/h1-16,18H,17H2,(H,31,34)(H,32,35). The van der Waals surface area contributed by atoms with Gasteiger partial charge in [-0.05, 0) is 47.5 Å². The molecule has 0 spiro atoms. The maximum absolute atomic E-state index is 13.5. The third-order valence-corrected chi connectivity index (χ3v) is 5.62. The van der Waals surface area contributed by atoms with Gasteiger partial charge in [-0.25, -0.2) is 9.37 Å². The molecule has 0 atom stereocenters. The minimum absolute atomic E-state index is 0.0257. The predicted octanol–water partition coefficient (Wildman–Crippen LogP) is 5.35. The topological polar surface area (TPSA) is 79.8 Å². The molecule has 7 heteroatoms. The Hall–Kier alpha value is -4.78. The number of hydrogen-bond acceptors (Lipinski definition) is 3. The van der Waals surface area contributed by atoms with Crippen LogP contribution < -0.4 is 10.9 Å². The summed E-state index contributed by atoms with van der Waals surface area (Å²) in [4.78, 5) is 33.2. The molecule has 0 saturated carbocycles. The van der Waals surface area contributed by atoms with Gasteiger partial charge >= 0.3 is 0 Å². The summed E-state index contributed by atoms with van der Waals surface area (Å²) in [7, 11) is 0. The van der Waals surface area contributed by atoms with Gasteiger partial charge < -0.3 is 14.9 Å². The molecule has 0 aliphatic carbocycles. The molecule has 0 unspecified atom stereocenters. The number of carbonyl (C=O) groups is 1. The second-order valence-corrected chi connectivity index (χ2v) is 8.00. The molecule has 5 rings (SSSR count). The maximum atomic E-state index is 13.5. The Morgan fingerprint density at radius 1 is 0.857 bits per heavy atom. The Bertz CT molecular complexity index is 1530. The van der Waals surface area contributed by atoms with E-state index in [-0.39, 0.29) is 11.4 Å². The first-order valence-electron chi connectivity index (χ1n) is 11.0. The molecular weight excluding hydrogens is 443 g/mol. The van der Waals surface area contributed by atoms with E-state index in [0.29, 0.717) is 29.3 Å². The van der Waals surface area contributed by atoms with E-state index in [4.69, 9.17) is 0 Å². The number of halogens is 1. The Morgan fingerprint density at radius 3 is 2.23 bits per heavy atom. The average Bonchev–Trinajstić information content (AvgIpc) is 3.27. The second kappa shape index (κ2) is 9.61. The van der Waals surface area contributed by atoms with Gasteiger partial charge in [0.05, 0.1) is 12.9 Å². The third kappa shape index (κ3) is 4.79. The summed E-state index contributed by atoms with van der Waals surface area (Å²) in [6.07, 6.45) is 1.62. The highest BCUT2D eigenvalue weighted by molar-refractivity contribution is 6.05. The van der Waals surface area contributed by atoms with Crippen molar-refractivity contribution in [2.24, 2.45) is 0 Å². The molecule has 1 amide bonds. The van der Waals surface area contributed by atoms with Crippen LogP contribution in [-0.2, 0) is 6.54 Å². The molecule has 2 aromatic heterocycles. The van der Waals surface area contributed by atoms with Crippen LogP contribution in [0.4, 0.5) is 10.2 Å². The van der Waals surface area contributed by atoms with Crippen molar-refractivity contribution < 1.29 is 9.18 Å². The number of carbonyl (C=O) groups excluding carboxylic acids is 1. The van der Waals surface area contributed by atoms with Crippen molar-refractivity contribution in [2.45, 2.75) is 6.54 Å². The largest absolute Gasteiger partial charge is 0.321 e. The molecule has 3 aromatic carbocycles. The van der Waals surface area contributed by atoms with Gasteiger partial charge in [-0.3, -0.25) is 9.59 Å². The monoisotopic (exact) mass is 464 g/mol. The zero-order chi connectivity index (χ0) is 24.2. The van der Waals surface area contributed by atoms with Crippen molar-refractivity contribution in [3.8, 4) is 22.5 Å². The van der Waals surface area contributed by atoms with Gasteiger partial charge in [0, 0.05) is 11.3 Å². The van der Waals surface area contributed by atoms with E-state index in [0.717, 1.165) is 11.1 Å². The minimum Gasteiger partial charge on any atom is -0.321 e. The van der Waals surface area contributed by atoms with E-state index < -0.39 is 11.5 Å². The quantitative estimate of drug-likeness (QED) is 0.356. The van der Waals surface area contributed by atoms with Gasteiger partial charge in [0.2, 0.25) is 0 Å². The number of aromatic amines is 1. The highest BCUT2D eigenvalue weighted by Crippen LogP contribution is 2.28.